The summed E-state index contributed by atoms with van der Waals surface area (Å²) in [6.07, 6.45) is -0.0404. The van der Waals surface area contributed by atoms with Crippen LogP contribution in [0.5, 0.6) is 0 Å². The Hall–Kier alpha value is -0.220. The highest BCUT2D eigenvalue weighted by molar-refractivity contribution is 7.99. The number of carboxylic acids is 1. The lowest BCUT2D eigenvalue weighted by Crippen LogP contribution is -2.19. The first-order chi connectivity index (χ1) is 5.18. The van der Waals surface area contributed by atoms with Crippen molar-refractivity contribution < 1.29 is 15.0 Å². The van der Waals surface area contributed by atoms with Gasteiger partial charge < -0.3 is 10.2 Å². The molecule has 0 spiro atoms. The van der Waals surface area contributed by atoms with Gasteiger partial charge in [0.15, 0.2) is 6.10 Å². The van der Waals surface area contributed by atoms with E-state index in [0.717, 1.165) is 17.9 Å². The second-order valence-electron chi connectivity index (χ2n) is 2.19. The van der Waals surface area contributed by atoms with E-state index in [1.165, 1.54) is 0 Å². The van der Waals surface area contributed by atoms with Gasteiger partial charge in [0.05, 0.1) is 0 Å². The molecule has 1 atom stereocenters. The van der Waals surface area contributed by atoms with Crippen molar-refractivity contribution in [3.05, 3.63) is 0 Å². The molecule has 0 fully saturated rings. The fourth-order valence-electron chi connectivity index (χ4n) is 0.647. The summed E-state index contributed by atoms with van der Waals surface area (Å²) >= 11 is 1.76. The second kappa shape index (κ2) is 6.49. The predicted molar refractivity (Wildman–Crippen MR) is 45.9 cm³/mol. The average Bonchev–Trinajstić information content (AvgIpc) is 1.97. The van der Waals surface area contributed by atoms with Crippen LogP contribution < -0.4 is 0 Å². The number of carbonyl (C=O) groups is 1. The Morgan fingerprint density at radius 2 is 2.27 bits per heavy atom. The molecule has 11 heavy (non-hydrogen) atoms. The lowest BCUT2D eigenvalue weighted by molar-refractivity contribution is -0.146. The van der Waals surface area contributed by atoms with Crippen LogP contribution in [0, 0.1) is 0 Å². The van der Waals surface area contributed by atoms with E-state index in [1.807, 2.05) is 0 Å². The van der Waals surface area contributed by atoms with E-state index < -0.39 is 12.1 Å². The zero-order valence-electron chi connectivity index (χ0n) is 6.62. The Morgan fingerprint density at radius 3 is 2.73 bits per heavy atom. The van der Waals surface area contributed by atoms with Crippen molar-refractivity contribution in [2.45, 2.75) is 25.9 Å². The zero-order chi connectivity index (χ0) is 8.69. The summed E-state index contributed by atoms with van der Waals surface area (Å²) in [5.74, 6) is 0.857. The lowest BCUT2D eigenvalue weighted by Gasteiger charge is -2.03. The van der Waals surface area contributed by atoms with Crippen molar-refractivity contribution in [2.24, 2.45) is 0 Å². The molecule has 4 heteroatoms. The molecule has 0 bridgehead atoms. The van der Waals surface area contributed by atoms with Gasteiger partial charge >= 0.3 is 5.97 Å². The highest BCUT2D eigenvalue weighted by Gasteiger charge is 2.11. The average molecular weight is 178 g/mol. The minimum atomic E-state index is -1.17. The Balaban J connectivity index is 3.17. The zero-order valence-corrected chi connectivity index (χ0v) is 7.43. The highest BCUT2D eigenvalue weighted by Crippen LogP contribution is 2.05. The van der Waals surface area contributed by atoms with Crippen LogP contribution in [-0.2, 0) is 4.79 Å². The molecular weight excluding hydrogens is 164 g/mol. The molecule has 0 heterocycles. The van der Waals surface area contributed by atoms with Crippen LogP contribution >= 0.6 is 11.8 Å². The predicted octanol–water partition coefficient (Wildman–Crippen LogP) is 0.965. The Labute approximate surface area is 70.8 Å². The largest absolute Gasteiger partial charge is 0.479 e. The van der Waals surface area contributed by atoms with Crippen molar-refractivity contribution in [1.29, 1.82) is 0 Å². The van der Waals surface area contributed by atoms with E-state index in [-0.39, 0.29) is 0 Å². The Kier molecular flexibility index (Phi) is 6.36. The van der Waals surface area contributed by atoms with E-state index in [2.05, 4.69) is 6.92 Å². The van der Waals surface area contributed by atoms with Gasteiger partial charge in [0, 0.05) is 0 Å². The molecule has 3 nitrogen and oxygen atoms in total. The van der Waals surface area contributed by atoms with Crippen molar-refractivity contribution in [2.75, 3.05) is 11.5 Å². The molecule has 2 N–H and O–H groups in total. The first kappa shape index (κ1) is 10.8. The molecule has 0 aliphatic heterocycles. The molecule has 0 aromatic rings. The topological polar surface area (TPSA) is 57.5 Å². The van der Waals surface area contributed by atoms with E-state index in [4.69, 9.17) is 10.2 Å². The smallest absolute Gasteiger partial charge is 0.332 e. The van der Waals surface area contributed by atoms with Gasteiger partial charge in [-0.2, -0.15) is 11.8 Å². The van der Waals surface area contributed by atoms with E-state index in [1.54, 1.807) is 11.8 Å². The fourth-order valence-corrected chi connectivity index (χ4v) is 1.31. The number of carboxylic acid groups (broad SMARTS) is 1. The minimum Gasteiger partial charge on any atom is -0.479 e. The van der Waals surface area contributed by atoms with Crippen LogP contribution in [0.1, 0.15) is 19.8 Å². The molecule has 0 saturated carbocycles. The normalized spacial score (nSPS) is 12.9. The minimum absolute atomic E-state index is 0.363. The number of aliphatic hydroxyl groups is 1. The third kappa shape index (κ3) is 6.19. The number of rotatable bonds is 6. The molecule has 1 unspecified atom stereocenters. The molecule has 0 rings (SSSR count). The first-order valence-corrected chi connectivity index (χ1v) is 4.82. The molecule has 0 aliphatic rings. The summed E-state index contributed by atoms with van der Waals surface area (Å²) in [6.45, 7) is 2.05. The van der Waals surface area contributed by atoms with Gasteiger partial charge in [-0.1, -0.05) is 6.92 Å². The standard InChI is InChI=1S/C7H14O3S/c1-2-11-5-3-4-6(8)7(9)10/h6,8H,2-5H2,1H3,(H,9,10). The first-order valence-electron chi connectivity index (χ1n) is 3.67. The number of aliphatic hydroxyl groups excluding tert-OH is 1. The summed E-state index contributed by atoms with van der Waals surface area (Å²) in [5.41, 5.74) is 0. The fraction of sp³-hybridized carbons (Fsp3) is 0.857. The molecule has 0 aromatic heterocycles. The highest BCUT2D eigenvalue weighted by atomic mass is 32.2. The second-order valence-corrected chi connectivity index (χ2v) is 3.59. The molecule has 0 saturated heterocycles. The third-order valence-electron chi connectivity index (χ3n) is 1.26. The maximum Gasteiger partial charge on any atom is 0.332 e. The maximum absolute atomic E-state index is 10.1. The number of hydrogen-bond donors (Lipinski definition) is 2. The maximum atomic E-state index is 10.1. The Bertz CT molecular complexity index is 116. The number of aliphatic carboxylic acids is 1. The molecule has 0 aliphatic carbocycles. The summed E-state index contributed by atoms with van der Waals surface area (Å²) in [5, 5.41) is 17.1. The molecule has 0 aromatic carbocycles. The lowest BCUT2D eigenvalue weighted by atomic mass is 10.2. The molecule has 0 radical (unpaired) electrons. The summed E-state index contributed by atoms with van der Waals surface area (Å²) in [4.78, 5) is 10.1. The third-order valence-corrected chi connectivity index (χ3v) is 2.24. The molecule has 66 valence electrons. The van der Waals surface area contributed by atoms with Crippen LogP contribution in [0.15, 0.2) is 0 Å². The van der Waals surface area contributed by atoms with Gasteiger partial charge in [0.2, 0.25) is 0 Å². The van der Waals surface area contributed by atoms with Crippen LogP contribution in [0.2, 0.25) is 0 Å². The van der Waals surface area contributed by atoms with Crippen LogP contribution in [0.3, 0.4) is 0 Å². The van der Waals surface area contributed by atoms with Gasteiger partial charge in [-0.3, -0.25) is 0 Å². The van der Waals surface area contributed by atoms with Gasteiger partial charge in [-0.05, 0) is 24.3 Å². The van der Waals surface area contributed by atoms with E-state index >= 15 is 0 Å². The van der Waals surface area contributed by atoms with Gasteiger partial charge in [0.25, 0.3) is 0 Å². The summed E-state index contributed by atoms with van der Waals surface area (Å²) in [7, 11) is 0. The number of thioether (sulfide) groups is 1. The van der Waals surface area contributed by atoms with Crippen molar-refractivity contribution in [1.82, 2.24) is 0 Å². The van der Waals surface area contributed by atoms with Crippen molar-refractivity contribution in [3.8, 4) is 0 Å². The van der Waals surface area contributed by atoms with Crippen LogP contribution in [-0.4, -0.2) is 33.8 Å². The van der Waals surface area contributed by atoms with Crippen molar-refractivity contribution in [3.63, 3.8) is 0 Å². The van der Waals surface area contributed by atoms with Gasteiger partial charge in [0.1, 0.15) is 0 Å². The Morgan fingerprint density at radius 1 is 1.64 bits per heavy atom. The monoisotopic (exact) mass is 178 g/mol. The van der Waals surface area contributed by atoms with Crippen LogP contribution in [0.4, 0.5) is 0 Å². The quantitative estimate of drug-likeness (QED) is 0.595. The van der Waals surface area contributed by atoms with Gasteiger partial charge in [-0.25, -0.2) is 4.79 Å². The van der Waals surface area contributed by atoms with Crippen molar-refractivity contribution >= 4 is 17.7 Å². The number of hydrogen-bond acceptors (Lipinski definition) is 3. The summed E-state index contributed by atoms with van der Waals surface area (Å²) in [6, 6.07) is 0. The summed E-state index contributed by atoms with van der Waals surface area (Å²) < 4.78 is 0. The van der Waals surface area contributed by atoms with Crippen LogP contribution in [0.25, 0.3) is 0 Å². The molecular formula is C7H14O3S. The SMILES string of the molecule is CCSCCCC(O)C(=O)O. The molecule has 0 amide bonds. The van der Waals surface area contributed by atoms with E-state index in [9.17, 15) is 4.79 Å². The van der Waals surface area contributed by atoms with Gasteiger partial charge in [-0.15, -0.1) is 0 Å². The van der Waals surface area contributed by atoms with E-state index in [0.29, 0.717) is 6.42 Å².